The first kappa shape index (κ1) is 25.5. The molecular formula is C25H23F3N4O3S. The Labute approximate surface area is 210 Å². The van der Waals surface area contributed by atoms with Gasteiger partial charge in [-0.15, -0.1) is 0 Å². The number of carbonyl (C=O) groups is 1. The molecule has 2 aromatic carbocycles. The molecule has 0 saturated heterocycles. The summed E-state index contributed by atoms with van der Waals surface area (Å²) in [6.45, 7) is 6.87. The Kier molecular flexibility index (Phi) is 6.94. The number of hydrogen-bond donors (Lipinski definition) is 1. The summed E-state index contributed by atoms with van der Waals surface area (Å²) in [5.41, 5.74) is 1.51. The van der Waals surface area contributed by atoms with Crippen LogP contribution < -0.4 is 9.47 Å². The second-order valence-corrected chi connectivity index (χ2v) is 9.89. The van der Waals surface area contributed by atoms with Crippen LogP contribution in [0.5, 0.6) is 11.5 Å². The maximum absolute atomic E-state index is 13.0. The van der Waals surface area contributed by atoms with Gasteiger partial charge in [0.2, 0.25) is 10.2 Å². The number of para-hydroxylation sites is 1. The third kappa shape index (κ3) is 5.62. The highest BCUT2D eigenvalue weighted by Gasteiger charge is 2.46. The van der Waals surface area contributed by atoms with Crippen molar-refractivity contribution < 1.29 is 27.4 Å². The molecule has 188 valence electrons. The number of thioether (sulfide) groups is 1. The summed E-state index contributed by atoms with van der Waals surface area (Å²) in [6, 6.07) is 14.6. The van der Waals surface area contributed by atoms with E-state index in [4.69, 9.17) is 14.9 Å². The number of nitrogens with zero attached hydrogens (tertiary/aromatic N) is 3. The molecule has 36 heavy (non-hydrogen) atoms. The number of ether oxygens (including phenoxy) is 2. The molecule has 0 spiro atoms. The quantitative estimate of drug-likeness (QED) is 0.398. The second-order valence-electron chi connectivity index (χ2n) is 8.93. The van der Waals surface area contributed by atoms with Crippen molar-refractivity contribution in [2.24, 2.45) is 10.1 Å². The van der Waals surface area contributed by atoms with Gasteiger partial charge in [0, 0.05) is 5.56 Å². The summed E-state index contributed by atoms with van der Waals surface area (Å²) in [7, 11) is 0. The largest absolute Gasteiger partial charge is 0.490 e. The number of benzene rings is 2. The van der Waals surface area contributed by atoms with Gasteiger partial charge in [0.05, 0.1) is 5.57 Å². The molecule has 4 rings (SSSR count). The molecule has 0 aromatic heterocycles. The minimum absolute atomic E-state index is 0.0450. The summed E-state index contributed by atoms with van der Waals surface area (Å²) in [4.78, 5) is 16.2. The van der Waals surface area contributed by atoms with Crippen LogP contribution in [-0.4, -0.2) is 46.4 Å². The van der Waals surface area contributed by atoms with Crippen molar-refractivity contribution in [1.82, 2.24) is 5.01 Å². The van der Waals surface area contributed by atoms with E-state index in [1.54, 1.807) is 24.3 Å². The predicted molar refractivity (Wildman–Crippen MR) is 134 cm³/mol. The lowest BCUT2D eigenvalue weighted by Crippen LogP contribution is -2.35. The molecule has 1 N–H and O–H groups in total. The SMILES string of the molecule is CC(C)(C)c1ccc(OCCOc2ccccc2/C=C2/C(=N)N3N=C(C(F)(F)F)SC3=NC2=O)cc1. The van der Waals surface area contributed by atoms with Crippen LogP contribution in [0, 0.1) is 5.41 Å². The van der Waals surface area contributed by atoms with Crippen LogP contribution in [0.3, 0.4) is 0 Å². The maximum Gasteiger partial charge on any atom is 0.441 e. The van der Waals surface area contributed by atoms with Crippen LogP contribution >= 0.6 is 11.8 Å². The molecule has 2 aromatic rings. The highest BCUT2D eigenvalue weighted by molar-refractivity contribution is 8.27. The van der Waals surface area contributed by atoms with E-state index in [2.05, 4.69) is 30.9 Å². The van der Waals surface area contributed by atoms with E-state index < -0.39 is 23.0 Å². The highest BCUT2D eigenvalue weighted by Crippen LogP contribution is 2.35. The number of fused-ring (bicyclic) bond motifs is 1. The fourth-order valence-corrected chi connectivity index (χ4v) is 4.11. The Morgan fingerprint density at radius 1 is 1.03 bits per heavy atom. The van der Waals surface area contributed by atoms with Crippen molar-refractivity contribution in [3.63, 3.8) is 0 Å². The van der Waals surface area contributed by atoms with Gasteiger partial charge in [-0.2, -0.15) is 28.3 Å². The van der Waals surface area contributed by atoms with E-state index in [-0.39, 0.29) is 41.1 Å². The molecule has 0 atom stereocenters. The number of hydrazone groups is 1. The van der Waals surface area contributed by atoms with Crippen molar-refractivity contribution in [1.29, 1.82) is 5.41 Å². The molecule has 0 fully saturated rings. The average molecular weight is 517 g/mol. The molecular weight excluding hydrogens is 493 g/mol. The molecule has 0 bridgehead atoms. The van der Waals surface area contributed by atoms with Crippen molar-refractivity contribution in [2.75, 3.05) is 13.2 Å². The first-order valence-corrected chi connectivity index (χ1v) is 11.8. The molecule has 0 radical (unpaired) electrons. The van der Waals surface area contributed by atoms with E-state index >= 15 is 0 Å². The van der Waals surface area contributed by atoms with Crippen LogP contribution in [0.15, 0.2) is 64.2 Å². The zero-order valence-corrected chi connectivity index (χ0v) is 20.5. The molecule has 0 saturated carbocycles. The van der Waals surface area contributed by atoms with E-state index in [0.29, 0.717) is 22.1 Å². The smallest absolute Gasteiger partial charge is 0.441 e. The topological polar surface area (TPSA) is 87.3 Å². The lowest BCUT2D eigenvalue weighted by Gasteiger charge is -2.20. The first-order valence-electron chi connectivity index (χ1n) is 11.0. The second kappa shape index (κ2) is 9.81. The van der Waals surface area contributed by atoms with Crippen LogP contribution in [0.1, 0.15) is 31.9 Å². The third-order valence-electron chi connectivity index (χ3n) is 5.25. The van der Waals surface area contributed by atoms with Gasteiger partial charge in [-0.1, -0.05) is 51.1 Å². The molecule has 7 nitrogen and oxygen atoms in total. The number of carbonyl (C=O) groups excluding carboxylic acids is 1. The predicted octanol–water partition coefficient (Wildman–Crippen LogP) is 5.62. The number of halogens is 3. The fourth-order valence-electron chi connectivity index (χ4n) is 3.36. The Balaban J connectivity index is 1.43. The number of alkyl halides is 3. The van der Waals surface area contributed by atoms with Gasteiger partial charge < -0.3 is 9.47 Å². The van der Waals surface area contributed by atoms with Crippen LogP contribution in [-0.2, 0) is 10.2 Å². The minimum atomic E-state index is -4.70. The summed E-state index contributed by atoms with van der Waals surface area (Å²) in [5.74, 6) is -0.190. The molecule has 2 heterocycles. The van der Waals surface area contributed by atoms with Gasteiger partial charge in [0.1, 0.15) is 24.7 Å². The van der Waals surface area contributed by atoms with Gasteiger partial charge in [0.25, 0.3) is 5.91 Å². The van der Waals surface area contributed by atoms with E-state index in [1.807, 2.05) is 24.3 Å². The molecule has 1 amide bonds. The van der Waals surface area contributed by atoms with Crippen molar-refractivity contribution in [2.45, 2.75) is 32.4 Å². The first-order chi connectivity index (χ1) is 16.9. The van der Waals surface area contributed by atoms with Crippen molar-refractivity contribution in [3.8, 4) is 11.5 Å². The molecule has 0 aliphatic carbocycles. The van der Waals surface area contributed by atoms with E-state index in [0.717, 1.165) is 0 Å². The molecule has 0 unspecified atom stereocenters. The third-order valence-corrected chi connectivity index (χ3v) is 6.20. The van der Waals surface area contributed by atoms with Crippen LogP contribution in [0.4, 0.5) is 13.2 Å². The monoisotopic (exact) mass is 516 g/mol. The summed E-state index contributed by atoms with van der Waals surface area (Å²) in [5, 5.41) is 10.9. The zero-order valence-electron chi connectivity index (χ0n) is 19.7. The number of amidine groups is 2. The summed E-state index contributed by atoms with van der Waals surface area (Å²) < 4.78 is 50.6. The van der Waals surface area contributed by atoms with E-state index in [9.17, 15) is 18.0 Å². The van der Waals surface area contributed by atoms with Crippen molar-refractivity contribution in [3.05, 3.63) is 65.2 Å². The number of nitrogens with one attached hydrogen (secondary N) is 1. The lowest BCUT2D eigenvalue weighted by atomic mass is 9.87. The number of aliphatic imine (C=N–C) groups is 1. The minimum Gasteiger partial charge on any atom is -0.490 e. The molecule has 2 aliphatic heterocycles. The highest BCUT2D eigenvalue weighted by atomic mass is 32.2. The number of amides is 1. The van der Waals surface area contributed by atoms with Gasteiger partial charge >= 0.3 is 6.18 Å². The molecule has 2 aliphatic rings. The average Bonchev–Trinajstić information content (AvgIpc) is 3.25. The number of hydrogen-bond acceptors (Lipinski definition) is 6. The Morgan fingerprint density at radius 3 is 2.36 bits per heavy atom. The van der Waals surface area contributed by atoms with Gasteiger partial charge in [0.15, 0.2) is 5.84 Å². The normalized spacial score (nSPS) is 17.2. The molecule has 11 heteroatoms. The zero-order chi connectivity index (χ0) is 26.1. The van der Waals surface area contributed by atoms with Gasteiger partial charge in [-0.25, -0.2) is 0 Å². The van der Waals surface area contributed by atoms with Crippen molar-refractivity contribution >= 4 is 39.8 Å². The summed E-state index contributed by atoms with van der Waals surface area (Å²) >= 11 is 0.207. The van der Waals surface area contributed by atoms with Gasteiger partial charge in [-0.05, 0) is 47.0 Å². The Morgan fingerprint density at radius 2 is 1.69 bits per heavy atom. The fraction of sp³-hybridized carbons (Fsp3) is 0.280. The number of rotatable bonds is 6. The maximum atomic E-state index is 13.0. The standard InChI is InChI=1S/C25H23F3N4O3S/c1-24(2,3)16-8-10-17(11-9-16)34-12-13-35-19-7-5-4-6-15(19)14-18-20(29)32-23(30-21(18)33)36-22(31-32)25(26,27)28/h4-11,14,29H,12-13H2,1-3H3/b18-14-,29-20?. The van der Waals surface area contributed by atoms with Crippen LogP contribution in [0.25, 0.3) is 6.08 Å². The lowest BCUT2D eigenvalue weighted by molar-refractivity contribution is -0.114. The summed E-state index contributed by atoms with van der Waals surface area (Å²) in [6.07, 6.45) is -3.34. The van der Waals surface area contributed by atoms with Crippen LogP contribution in [0.2, 0.25) is 0 Å². The Bertz CT molecular complexity index is 1280. The van der Waals surface area contributed by atoms with E-state index in [1.165, 1.54) is 11.6 Å². The Hall–Kier alpha value is -3.60. The van der Waals surface area contributed by atoms with Gasteiger partial charge in [-0.3, -0.25) is 10.2 Å².